The second-order valence-electron chi connectivity index (χ2n) is 3.73. The highest BCUT2D eigenvalue weighted by Gasteiger charge is 2.35. The molecule has 0 saturated carbocycles. The largest absolute Gasteiger partial charge is 0.506 e. The van der Waals surface area contributed by atoms with Crippen molar-refractivity contribution in [2.45, 2.75) is 32.8 Å². The Morgan fingerprint density at radius 3 is 2.86 bits per heavy atom. The van der Waals surface area contributed by atoms with Crippen molar-refractivity contribution in [2.24, 2.45) is 5.92 Å². The van der Waals surface area contributed by atoms with Crippen LogP contribution in [0.1, 0.15) is 27.2 Å². The molecule has 1 aliphatic rings. The van der Waals surface area contributed by atoms with E-state index in [4.69, 9.17) is 9.84 Å². The lowest BCUT2D eigenvalue weighted by atomic mass is 9.80. The number of allylic oxidation sites excluding steroid dienone is 2. The van der Waals surface area contributed by atoms with Crippen LogP contribution in [0.4, 0.5) is 4.79 Å². The number of hydrogen-bond donors (Lipinski definition) is 1. The first kappa shape index (κ1) is 10.8. The van der Waals surface area contributed by atoms with Crippen LogP contribution in [0.15, 0.2) is 23.8 Å². The summed E-state index contributed by atoms with van der Waals surface area (Å²) in [6.45, 7) is 5.84. The Hall–Kier alpha value is -1.25. The van der Waals surface area contributed by atoms with Crippen LogP contribution in [0.5, 0.6) is 0 Å². The summed E-state index contributed by atoms with van der Waals surface area (Å²) in [5.74, 6) is 0.105. The quantitative estimate of drug-likeness (QED) is 0.690. The lowest BCUT2D eigenvalue weighted by Crippen LogP contribution is -2.38. The Labute approximate surface area is 84.1 Å². The number of ether oxygens (including phenoxy) is 1. The van der Waals surface area contributed by atoms with Crippen molar-refractivity contribution in [3.8, 4) is 0 Å². The highest BCUT2D eigenvalue weighted by atomic mass is 16.7. The molecule has 1 aliphatic carbocycles. The zero-order valence-electron chi connectivity index (χ0n) is 8.78. The van der Waals surface area contributed by atoms with E-state index in [1.165, 1.54) is 5.57 Å². The van der Waals surface area contributed by atoms with E-state index in [0.717, 1.165) is 6.42 Å². The van der Waals surface area contributed by atoms with Crippen molar-refractivity contribution in [3.63, 3.8) is 0 Å². The molecule has 0 bridgehead atoms. The fourth-order valence-electron chi connectivity index (χ4n) is 1.75. The van der Waals surface area contributed by atoms with Gasteiger partial charge in [-0.2, -0.15) is 0 Å². The van der Waals surface area contributed by atoms with E-state index >= 15 is 0 Å². The van der Waals surface area contributed by atoms with Crippen LogP contribution in [0, 0.1) is 5.92 Å². The molecule has 0 aromatic carbocycles. The number of hydrogen-bond acceptors (Lipinski definition) is 2. The summed E-state index contributed by atoms with van der Waals surface area (Å²) in [7, 11) is 0. The van der Waals surface area contributed by atoms with Crippen LogP contribution in [0.25, 0.3) is 0 Å². The minimum absolute atomic E-state index is 0.105. The fraction of sp³-hybridized carbons (Fsp3) is 0.545. The Balaban J connectivity index is 2.87. The molecule has 78 valence electrons. The van der Waals surface area contributed by atoms with Crippen LogP contribution in [-0.4, -0.2) is 16.9 Å². The highest BCUT2D eigenvalue weighted by molar-refractivity contribution is 5.58. The van der Waals surface area contributed by atoms with Gasteiger partial charge in [0.25, 0.3) is 0 Å². The van der Waals surface area contributed by atoms with Crippen LogP contribution >= 0.6 is 0 Å². The summed E-state index contributed by atoms with van der Waals surface area (Å²) < 4.78 is 4.91. The smallest absolute Gasteiger partial charge is 0.450 e. The maximum absolute atomic E-state index is 10.5. The summed E-state index contributed by atoms with van der Waals surface area (Å²) in [5.41, 5.74) is 0.502. The minimum atomic E-state index is -1.22. The number of carboxylic acid groups (broad SMARTS) is 1. The van der Waals surface area contributed by atoms with Crippen LogP contribution in [0.3, 0.4) is 0 Å². The molecule has 1 rings (SSSR count). The summed E-state index contributed by atoms with van der Waals surface area (Å²) in [5, 5.41) is 8.63. The molecular weight excluding hydrogens is 180 g/mol. The van der Waals surface area contributed by atoms with Crippen LogP contribution < -0.4 is 0 Å². The fourth-order valence-corrected chi connectivity index (χ4v) is 1.75. The molecule has 14 heavy (non-hydrogen) atoms. The normalized spacial score (nSPS) is 31.1. The van der Waals surface area contributed by atoms with Gasteiger partial charge in [-0.25, -0.2) is 4.79 Å². The molecule has 2 atom stereocenters. The average molecular weight is 196 g/mol. The zero-order valence-corrected chi connectivity index (χ0v) is 8.78. The van der Waals surface area contributed by atoms with E-state index in [2.05, 4.69) is 6.92 Å². The Bertz CT molecular complexity index is 291. The van der Waals surface area contributed by atoms with Crippen molar-refractivity contribution in [1.29, 1.82) is 0 Å². The molecule has 0 radical (unpaired) electrons. The zero-order chi connectivity index (χ0) is 10.8. The Kier molecular flexibility index (Phi) is 2.99. The van der Waals surface area contributed by atoms with Gasteiger partial charge < -0.3 is 9.84 Å². The van der Waals surface area contributed by atoms with Crippen molar-refractivity contribution < 1.29 is 14.6 Å². The van der Waals surface area contributed by atoms with Gasteiger partial charge in [0.2, 0.25) is 0 Å². The molecule has 0 amide bonds. The summed E-state index contributed by atoms with van der Waals surface area (Å²) in [4.78, 5) is 10.5. The molecular formula is C11H16O3. The third-order valence-electron chi connectivity index (χ3n) is 2.87. The molecule has 1 N–H and O–H groups in total. The third kappa shape index (κ3) is 1.97. The van der Waals surface area contributed by atoms with E-state index in [1.807, 2.05) is 19.1 Å². The maximum atomic E-state index is 10.5. The van der Waals surface area contributed by atoms with Gasteiger partial charge in [-0.15, -0.1) is 0 Å². The molecule has 0 aromatic heterocycles. The van der Waals surface area contributed by atoms with Gasteiger partial charge in [0, 0.05) is 5.92 Å². The second-order valence-corrected chi connectivity index (χ2v) is 3.73. The van der Waals surface area contributed by atoms with Gasteiger partial charge >= 0.3 is 6.16 Å². The first-order valence-electron chi connectivity index (χ1n) is 4.80. The topological polar surface area (TPSA) is 46.5 Å². The molecule has 3 heteroatoms. The molecule has 2 unspecified atom stereocenters. The highest BCUT2D eigenvalue weighted by Crippen LogP contribution is 2.34. The van der Waals surface area contributed by atoms with Gasteiger partial charge in [0.1, 0.15) is 5.60 Å². The van der Waals surface area contributed by atoms with Crippen LogP contribution in [-0.2, 0) is 4.74 Å². The second kappa shape index (κ2) is 3.86. The van der Waals surface area contributed by atoms with Crippen molar-refractivity contribution in [3.05, 3.63) is 23.8 Å². The first-order chi connectivity index (χ1) is 6.49. The van der Waals surface area contributed by atoms with Gasteiger partial charge in [-0.3, -0.25) is 0 Å². The van der Waals surface area contributed by atoms with Crippen LogP contribution in [0.2, 0.25) is 0 Å². The van der Waals surface area contributed by atoms with E-state index in [1.54, 1.807) is 13.0 Å². The first-order valence-corrected chi connectivity index (χ1v) is 4.80. The van der Waals surface area contributed by atoms with Gasteiger partial charge in [-0.05, 0) is 19.4 Å². The lowest BCUT2D eigenvalue weighted by Gasteiger charge is -2.34. The third-order valence-corrected chi connectivity index (χ3v) is 2.87. The van der Waals surface area contributed by atoms with E-state index in [-0.39, 0.29) is 5.92 Å². The molecule has 0 aromatic rings. The lowest BCUT2D eigenvalue weighted by molar-refractivity contribution is -0.00203. The van der Waals surface area contributed by atoms with E-state index < -0.39 is 11.8 Å². The molecule has 0 aliphatic heterocycles. The predicted molar refractivity (Wildman–Crippen MR) is 54.2 cm³/mol. The van der Waals surface area contributed by atoms with E-state index in [9.17, 15) is 4.79 Å². The SMILES string of the molecule is CCC1=CC=CC(C)(OC(=O)O)C1C. The number of carbonyl (C=O) groups is 1. The average Bonchev–Trinajstić information content (AvgIpc) is 2.09. The van der Waals surface area contributed by atoms with Gasteiger partial charge in [0.15, 0.2) is 0 Å². The summed E-state index contributed by atoms with van der Waals surface area (Å²) >= 11 is 0. The molecule has 0 saturated heterocycles. The minimum Gasteiger partial charge on any atom is -0.450 e. The molecule has 0 spiro atoms. The summed E-state index contributed by atoms with van der Waals surface area (Å²) in [6.07, 6.45) is 5.38. The Morgan fingerprint density at radius 1 is 1.71 bits per heavy atom. The van der Waals surface area contributed by atoms with Crippen molar-refractivity contribution in [2.75, 3.05) is 0 Å². The van der Waals surface area contributed by atoms with Crippen molar-refractivity contribution in [1.82, 2.24) is 0 Å². The molecule has 3 nitrogen and oxygen atoms in total. The standard InChI is InChI=1S/C11H16O3/c1-4-9-6-5-7-11(3,8(9)2)14-10(12)13/h5-8H,4H2,1-3H3,(H,12,13). The maximum Gasteiger partial charge on any atom is 0.506 e. The summed E-state index contributed by atoms with van der Waals surface area (Å²) in [6, 6.07) is 0. The Morgan fingerprint density at radius 2 is 2.36 bits per heavy atom. The van der Waals surface area contributed by atoms with E-state index in [0.29, 0.717) is 0 Å². The van der Waals surface area contributed by atoms with Gasteiger partial charge in [-0.1, -0.05) is 31.6 Å². The molecule has 0 heterocycles. The monoisotopic (exact) mass is 196 g/mol. The molecule has 0 fully saturated rings. The van der Waals surface area contributed by atoms with Gasteiger partial charge in [0.05, 0.1) is 0 Å². The number of rotatable bonds is 2. The van der Waals surface area contributed by atoms with Crippen molar-refractivity contribution >= 4 is 6.16 Å². The predicted octanol–water partition coefficient (Wildman–Crippen LogP) is 2.98.